The molecule has 26 heavy (non-hydrogen) atoms. The lowest BCUT2D eigenvalue weighted by atomic mass is 10.0. The SMILES string of the molecule is CCCC(=O)Nc1ccc(C(=O)c2ccccc2)cc1NC(=O)CCC. The molecule has 0 aliphatic rings. The standard InChI is InChI=1S/C21H24N2O3/c1-3-8-19(24)22-17-13-12-16(14-18(17)23-20(25)9-4-2)21(26)15-10-6-5-7-11-15/h5-7,10-14H,3-4,8-9H2,1-2H3,(H,22,24)(H,23,25). The van der Waals surface area contributed by atoms with Gasteiger partial charge in [-0.05, 0) is 31.0 Å². The summed E-state index contributed by atoms with van der Waals surface area (Å²) in [6, 6.07) is 13.9. The fraction of sp³-hybridized carbons (Fsp3) is 0.286. The molecular weight excluding hydrogens is 328 g/mol. The first-order valence-electron chi connectivity index (χ1n) is 8.88. The molecule has 2 amide bonds. The predicted molar refractivity (Wildman–Crippen MR) is 103 cm³/mol. The average molecular weight is 352 g/mol. The quantitative estimate of drug-likeness (QED) is 0.692. The maximum atomic E-state index is 12.6. The van der Waals surface area contributed by atoms with Crippen molar-refractivity contribution in [2.45, 2.75) is 39.5 Å². The largest absolute Gasteiger partial charge is 0.324 e. The predicted octanol–water partition coefficient (Wildman–Crippen LogP) is 4.39. The van der Waals surface area contributed by atoms with E-state index in [1.54, 1.807) is 42.5 Å². The molecular formula is C21H24N2O3. The fourth-order valence-electron chi connectivity index (χ4n) is 2.53. The molecule has 5 nitrogen and oxygen atoms in total. The Kier molecular flexibility index (Phi) is 7.09. The molecule has 0 saturated carbocycles. The van der Waals surface area contributed by atoms with Gasteiger partial charge in [-0.1, -0.05) is 44.2 Å². The summed E-state index contributed by atoms with van der Waals surface area (Å²) in [6.07, 6.45) is 2.21. The summed E-state index contributed by atoms with van der Waals surface area (Å²) in [5.41, 5.74) is 1.96. The highest BCUT2D eigenvalue weighted by Crippen LogP contribution is 2.25. The van der Waals surface area contributed by atoms with Gasteiger partial charge in [0.1, 0.15) is 0 Å². The van der Waals surface area contributed by atoms with Gasteiger partial charge in [-0.25, -0.2) is 0 Å². The Morgan fingerprint density at radius 3 is 1.88 bits per heavy atom. The molecule has 136 valence electrons. The maximum Gasteiger partial charge on any atom is 0.224 e. The number of benzene rings is 2. The van der Waals surface area contributed by atoms with E-state index in [1.807, 2.05) is 19.9 Å². The number of ketones is 1. The molecule has 0 saturated heterocycles. The van der Waals surface area contributed by atoms with E-state index in [1.165, 1.54) is 0 Å². The molecule has 2 N–H and O–H groups in total. The molecule has 0 unspecified atom stereocenters. The fourth-order valence-corrected chi connectivity index (χ4v) is 2.53. The molecule has 2 rings (SSSR count). The summed E-state index contributed by atoms with van der Waals surface area (Å²) in [4.78, 5) is 36.6. The highest BCUT2D eigenvalue weighted by Gasteiger charge is 2.14. The van der Waals surface area contributed by atoms with Crippen molar-refractivity contribution in [1.82, 2.24) is 0 Å². The van der Waals surface area contributed by atoms with Crippen LogP contribution in [0.25, 0.3) is 0 Å². The number of hydrogen-bond acceptors (Lipinski definition) is 3. The van der Waals surface area contributed by atoms with Crippen LogP contribution < -0.4 is 10.6 Å². The monoisotopic (exact) mass is 352 g/mol. The van der Waals surface area contributed by atoms with Crippen molar-refractivity contribution in [2.75, 3.05) is 10.6 Å². The van der Waals surface area contributed by atoms with Gasteiger partial charge in [0, 0.05) is 24.0 Å². The van der Waals surface area contributed by atoms with Gasteiger partial charge in [0.25, 0.3) is 0 Å². The summed E-state index contributed by atoms with van der Waals surface area (Å²) in [7, 11) is 0. The number of nitrogens with one attached hydrogen (secondary N) is 2. The van der Waals surface area contributed by atoms with Crippen LogP contribution in [-0.2, 0) is 9.59 Å². The van der Waals surface area contributed by atoms with E-state index in [0.29, 0.717) is 41.8 Å². The zero-order valence-corrected chi connectivity index (χ0v) is 15.2. The van der Waals surface area contributed by atoms with Crippen LogP contribution >= 0.6 is 0 Å². The van der Waals surface area contributed by atoms with Crippen LogP contribution in [-0.4, -0.2) is 17.6 Å². The van der Waals surface area contributed by atoms with E-state index in [-0.39, 0.29) is 17.6 Å². The summed E-state index contributed by atoms with van der Waals surface area (Å²) in [5, 5.41) is 5.60. The first-order chi connectivity index (χ1) is 12.5. The van der Waals surface area contributed by atoms with Crippen molar-refractivity contribution >= 4 is 29.0 Å². The summed E-state index contributed by atoms with van der Waals surface area (Å²) in [6.45, 7) is 3.84. The number of rotatable bonds is 8. The van der Waals surface area contributed by atoms with Gasteiger partial charge in [-0.15, -0.1) is 0 Å². The van der Waals surface area contributed by atoms with Crippen molar-refractivity contribution in [1.29, 1.82) is 0 Å². The van der Waals surface area contributed by atoms with Gasteiger partial charge < -0.3 is 10.6 Å². The van der Waals surface area contributed by atoms with Crippen LogP contribution in [0.1, 0.15) is 55.5 Å². The molecule has 0 atom stereocenters. The van der Waals surface area contributed by atoms with Crippen LogP contribution in [0, 0.1) is 0 Å². The number of amides is 2. The minimum Gasteiger partial charge on any atom is -0.324 e. The second-order valence-electron chi connectivity index (χ2n) is 6.05. The lowest BCUT2D eigenvalue weighted by Gasteiger charge is -2.14. The topological polar surface area (TPSA) is 75.3 Å². The average Bonchev–Trinajstić information content (AvgIpc) is 2.63. The minimum absolute atomic E-state index is 0.124. The Morgan fingerprint density at radius 1 is 0.731 bits per heavy atom. The molecule has 5 heteroatoms. The number of hydrogen-bond donors (Lipinski definition) is 2. The van der Waals surface area contributed by atoms with Crippen LogP contribution in [0.2, 0.25) is 0 Å². The van der Waals surface area contributed by atoms with E-state index in [2.05, 4.69) is 10.6 Å². The van der Waals surface area contributed by atoms with E-state index >= 15 is 0 Å². The first kappa shape index (κ1) is 19.4. The van der Waals surface area contributed by atoms with Crippen LogP contribution in [0.3, 0.4) is 0 Å². The van der Waals surface area contributed by atoms with Crippen molar-refractivity contribution in [3.05, 3.63) is 59.7 Å². The van der Waals surface area contributed by atoms with Crippen LogP contribution in [0.5, 0.6) is 0 Å². The summed E-state index contributed by atoms with van der Waals surface area (Å²) < 4.78 is 0. The highest BCUT2D eigenvalue weighted by molar-refractivity contribution is 6.11. The van der Waals surface area contributed by atoms with Gasteiger partial charge in [-0.2, -0.15) is 0 Å². The van der Waals surface area contributed by atoms with Crippen LogP contribution in [0.15, 0.2) is 48.5 Å². The molecule has 0 aliphatic heterocycles. The van der Waals surface area contributed by atoms with E-state index in [9.17, 15) is 14.4 Å². The molecule has 2 aromatic rings. The van der Waals surface area contributed by atoms with E-state index < -0.39 is 0 Å². The molecule has 0 heterocycles. The Bertz CT molecular complexity index is 785. The van der Waals surface area contributed by atoms with E-state index in [4.69, 9.17) is 0 Å². The lowest BCUT2D eigenvalue weighted by Crippen LogP contribution is -2.16. The lowest BCUT2D eigenvalue weighted by molar-refractivity contribution is -0.117. The van der Waals surface area contributed by atoms with Gasteiger partial charge >= 0.3 is 0 Å². The molecule has 0 spiro atoms. The Hall–Kier alpha value is -2.95. The molecule has 0 aliphatic carbocycles. The third-order valence-corrected chi connectivity index (χ3v) is 3.82. The normalized spacial score (nSPS) is 10.2. The third-order valence-electron chi connectivity index (χ3n) is 3.82. The van der Waals surface area contributed by atoms with Crippen molar-refractivity contribution in [3.8, 4) is 0 Å². The maximum absolute atomic E-state index is 12.6. The number of anilines is 2. The molecule has 0 aromatic heterocycles. The van der Waals surface area contributed by atoms with Crippen molar-refractivity contribution < 1.29 is 14.4 Å². The smallest absolute Gasteiger partial charge is 0.224 e. The number of carbonyl (C=O) groups is 3. The molecule has 0 fully saturated rings. The highest BCUT2D eigenvalue weighted by atomic mass is 16.2. The Morgan fingerprint density at radius 2 is 1.31 bits per heavy atom. The molecule has 0 bridgehead atoms. The molecule has 0 radical (unpaired) electrons. The second kappa shape index (κ2) is 9.51. The Labute approximate surface area is 153 Å². The minimum atomic E-state index is -0.150. The Balaban J connectivity index is 2.33. The zero-order chi connectivity index (χ0) is 18.9. The first-order valence-corrected chi connectivity index (χ1v) is 8.88. The second-order valence-corrected chi connectivity index (χ2v) is 6.05. The summed E-state index contributed by atoms with van der Waals surface area (Å²) in [5.74, 6) is -0.411. The number of carbonyl (C=O) groups excluding carboxylic acids is 3. The van der Waals surface area contributed by atoms with Gasteiger partial charge in [0.2, 0.25) is 11.8 Å². The zero-order valence-electron chi connectivity index (χ0n) is 15.2. The van der Waals surface area contributed by atoms with Crippen LogP contribution in [0.4, 0.5) is 11.4 Å². The van der Waals surface area contributed by atoms with Gasteiger partial charge in [0.15, 0.2) is 5.78 Å². The molecule has 2 aromatic carbocycles. The third kappa shape index (κ3) is 5.28. The van der Waals surface area contributed by atoms with Gasteiger partial charge in [0.05, 0.1) is 11.4 Å². The van der Waals surface area contributed by atoms with E-state index in [0.717, 1.165) is 6.42 Å². The van der Waals surface area contributed by atoms with Gasteiger partial charge in [-0.3, -0.25) is 14.4 Å². The van der Waals surface area contributed by atoms with Crippen molar-refractivity contribution in [3.63, 3.8) is 0 Å². The summed E-state index contributed by atoms with van der Waals surface area (Å²) >= 11 is 0. The van der Waals surface area contributed by atoms with Crippen molar-refractivity contribution in [2.24, 2.45) is 0 Å².